The average molecular weight is 392 g/mol. The molecule has 0 unspecified atom stereocenters. The first-order chi connectivity index (χ1) is 9.85. The fourth-order valence-electron chi connectivity index (χ4n) is 2.06. The van der Waals surface area contributed by atoms with Gasteiger partial charge in [-0.1, -0.05) is 0 Å². The Hall–Kier alpha value is 0.270. The van der Waals surface area contributed by atoms with Crippen LogP contribution in [0.4, 0.5) is 0 Å². The van der Waals surface area contributed by atoms with Gasteiger partial charge in [0, 0.05) is 0 Å². The molecule has 0 heterocycles. The normalized spacial score (nSPS) is 12.4. The first-order valence-corrected chi connectivity index (χ1v) is 11.6. The van der Waals surface area contributed by atoms with E-state index in [1.54, 1.807) is 0 Å². The first kappa shape index (κ1) is 20.3. The van der Waals surface area contributed by atoms with Gasteiger partial charge in [-0.25, -0.2) is 0 Å². The summed E-state index contributed by atoms with van der Waals surface area (Å²) in [6, 6.07) is 0. The van der Waals surface area contributed by atoms with Crippen molar-refractivity contribution in [3.63, 3.8) is 0 Å². The summed E-state index contributed by atoms with van der Waals surface area (Å²) in [4.78, 5) is 0. The molecule has 0 spiro atoms. The quantitative estimate of drug-likeness (QED) is 0.171. The molecule has 0 saturated heterocycles. The van der Waals surface area contributed by atoms with Gasteiger partial charge < -0.3 is 0 Å². The van der Waals surface area contributed by atoms with E-state index in [2.05, 4.69) is 39.0 Å². The molecule has 0 aliphatic carbocycles. The van der Waals surface area contributed by atoms with Crippen LogP contribution >= 0.6 is 0 Å². The summed E-state index contributed by atoms with van der Waals surface area (Å²) in [6.45, 7) is 6.89. The van der Waals surface area contributed by atoms with Gasteiger partial charge >= 0.3 is 139 Å². The average Bonchev–Trinajstić information content (AvgIpc) is 2.46. The van der Waals surface area contributed by atoms with Crippen LogP contribution in [-0.2, 0) is 0 Å². The number of hydrogen-bond donors (Lipinski definition) is 0. The van der Waals surface area contributed by atoms with Gasteiger partial charge in [-0.15, -0.1) is 0 Å². The van der Waals surface area contributed by atoms with E-state index in [-0.39, 0.29) is 20.9 Å². The Morgan fingerprint density at radius 2 is 1.50 bits per heavy atom. The predicted octanol–water partition coefficient (Wildman–Crippen LogP) is 6.90. The Morgan fingerprint density at radius 1 is 0.800 bits per heavy atom. The van der Waals surface area contributed by atoms with Crippen molar-refractivity contribution in [3.05, 3.63) is 21.8 Å². The van der Waals surface area contributed by atoms with Crippen LogP contribution in [0.1, 0.15) is 91.4 Å². The summed E-state index contributed by atoms with van der Waals surface area (Å²) >= 11 is 0.130. The maximum atomic E-state index is 2.47. The molecule has 118 valence electrons. The van der Waals surface area contributed by atoms with E-state index in [1.165, 1.54) is 75.1 Å². The Kier molecular flexibility index (Phi) is 17.6. The zero-order valence-electron chi connectivity index (χ0n) is 14.1. The van der Waals surface area contributed by atoms with Crippen molar-refractivity contribution in [2.75, 3.05) is 0 Å². The molecule has 0 saturated carbocycles. The van der Waals surface area contributed by atoms with Crippen LogP contribution in [0.2, 0.25) is 4.47 Å². The van der Waals surface area contributed by atoms with Gasteiger partial charge in [0.25, 0.3) is 0 Å². The molecule has 0 N–H and O–H groups in total. The first-order valence-electron chi connectivity index (χ1n) is 8.83. The van der Waals surface area contributed by atoms with Crippen LogP contribution in [0, 0.1) is 0 Å². The van der Waals surface area contributed by atoms with Crippen molar-refractivity contribution in [2.24, 2.45) is 0 Å². The second-order valence-electron chi connectivity index (χ2n) is 5.57. The van der Waals surface area contributed by atoms with Gasteiger partial charge in [-0.2, -0.15) is 0 Å². The number of allylic oxidation sites excluding steroid dienone is 4. The van der Waals surface area contributed by atoms with Gasteiger partial charge in [0.15, 0.2) is 0 Å². The predicted molar refractivity (Wildman–Crippen MR) is 95.6 cm³/mol. The topological polar surface area (TPSA) is 0 Å². The Bertz CT molecular complexity index is 228. The maximum absolute atomic E-state index is 2.47. The molecule has 0 aliphatic rings. The molecule has 0 aromatic rings. The summed E-state index contributed by atoms with van der Waals surface area (Å²) < 4.78 is 3.31. The molecule has 0 radical (unpaired) electrons. The van der Waals surface area contributed by atoms with E-state index in [0.29, 0.717) is 0 Å². The third-order valence-electron chi connectivity index (χ3n) is 3.45. The zero-order valence-corrected chi connectivity index (χ0v) is 16.5. The van der Waals surface area contributed by atoms with Gasteiger partial charge in [0.05, 0.1) is 0 Å². The minimum absolute atomic E-state index is 0.130. The van der Waals surface area contributed by atoms with E-state index in [4.69, 9.17) is 0 Å². The second-order valence-corrected chi connectivity index (χ2v) is 9.06. The van der Waals surface area contributed by atoms with Crippen molar-refractivity contribution in [1.82, 2.24) is 0 Å². The van der Waals surface area contributed by atoms with Crippen LogP contribution in [-0.4, -0.2) is 20.9 Å². The molecule has 0 amide bonds. The van der Waals surface area contributed by atoms with Crippen LogP contribution in [0.3, 0.4) is 0 Å². The zero-order chi connectivity index (χ0) is 14.9. The van der Waals surface area contributed by atoms with Crippen LogP contribution in [0.25, 0.3) is 0 Å². The third kappa shape index (κ3) is 14.7. The molecule has 0 atom stereocenters. The molecule has 0 bridgehead atoms. The summed E-state index contributed by atoms with van der Waals surface area (Å²) in [5.74, 6) is 0. The molecule has 20 heavy (non-hydrogen) atoms. The molecule has 0 rings (SSSR count). The van der Waals surface area contributed by atoms with Gasteiger partial charge in [0.2, 0.25) is 0 Å². The Balaban J connectivity index is 3.94. The molecule has 1 heteroatoms. The third-order valence-corrected chi connectivity index (χ3v) is 6.89. The molecular weight excluding hydrogens is 356 g/mol. The summed E-state index contributed by atoms with van der Waals surface area (Å²) in [5.41, 5.74) is 0. The van der Waals surface area contributed by atoms with Crippen LogP contribution in [0.15, 0.2) is 21.8 Å². The number of unbranched alkanes of at least 4 members (excludes halogenated alkanes) is 7. The Labute approximate surface area is 138 Å². The number of rotatable bonds is 14. The molecule has 0 aromatic heterocycles. The molecule has 0 aliphatic heterocycles. The van der Waals surface area contributed by atoms with Crippen molar-refractivity contribution in [2.45, 2.75) is 95.9 Å². The fourth-order valence-corrected chi connectivity index (χ4v) is 5.37. The molecule has 0 fully saturated rings. The van der Waals surface area contributed by atoms with Crippen molar-refractivity contribution < 1.29 is 0 Å². The minimum atomic E-state index is 0.130. The summed E-state index contributed by atoms with van der Waals surface area (Å²) in [7, 11) is 0. The van der Waals surface area contributed by atoms with Gasteiger partial charge in [-0.3, -0.25) is 0 Å². The van der Waals surface area contributed by atoms with Crippen LogP contribution in [0.5, 0.6) is 0 Å². The van der Waals surface area contributed by atoms with E-state index in [1.807, 2.05) is 3.62 Å². The van der Waals surface area contributed by atoms with E-state index in [9.17, 15) is 0 Å². The second kappa shape index (κ2) is 17.3. The molecule has 0 aromatic carbocycles. The summed E-state index contributed by atoms with van der Waals surface area (Å²) in [5, 5.41) is 0. The molecule has 0 nitrogen and oxygen atoms in total. The Morgan fingerprint density at radius 3 is 2.20 bits per heavy atom. The summed E-state index contributed by atoms with van der Waals surface area (Å²) in [6.07, 6.45) is 22.3. The van der Waals surface area contributed by atoms with Crippen molar-refractivity contribution in [3.8, 4) is 0 Å². The van der Waals surface area contributed by atoms with Crippen molar-refractivity contribution >= 4 is 20.9 Å². The SMILES string of the molecule is CCCCCC/C=C/C=C(\CCCCC)[Te]CCCC. The van der Waals surface area contributed by atoms with E-state index < -0.39 is 0 Å². The fraction of sp³-hybridized carbons (Fsp3) is 0.789. The monoisotopic (exact) mass is 394 g/mol. The number of hydrogen-bond acceptors (Lipinski definition) is 0. The van der Waals surface area contributed by atoms with E-state index >= 15 is 0 Å². The van der Waals surface area contributed by atoms with Crippen LogP contribution < -0.4 is 0 Å². The standard InChI is InChI=1S/C19H36Te/c1-4-7-10-11-12-13-15-17-19(16-14-8-5-2)20-18-9-6-3/h13,15,17H,4-12,14,16,18H2,1-3H3/b15-13+,19-17+. The van der Waals surface area contributed by atoms with Gasteiger partial charge in [0.1, 0.15) is 0 Å². The van der Waals surface area contributed by atoms with E-state index in [0.717, 1.165) is 0 Å². The molecular formula is C19H36Te. The van der Waals surface area contributed by atoms with Crippen molar-refractivity contribution in [1.29, 1.82) is 0 Å². The van der Waals surface area contributed by atoms with Gasteiger partial charge in [-0.05, 0) is 0 Å².